The van der Waals surface area contributed by atoms with Gasteiger partial charge in [0.25, 0.3) is 0 Å². The predicted octanol–water partition coefficient (Wildman–Crippen LogP) is 2.96. The fourth-order valence-electron chi connectivity index (χ4n) is 1.85. The van der Waals surface area contributed by atoms with Crippen LogP contribution in [0.2, 0.25) is 0 Å². The van der Waals surface area contributed by atoms with Crippen molar-refractivity contribution in [2.45, 2.75) is 26.2 Å². The van der Waals surface area contributed by atoms with Gasteiger partial charge < -0.3 is 10.6 Å². The standard InChI is InChI=1S/C17H19N3O2/c1-17(2,3)12-7-9-13(10-8-12)19-15(21)16(22)20-14-6-4-5-11-18-14/h4-11H,1-3H3,(H,19,21)(H,18,20,22). The molecule has 2 aromatic rings. The molecule has 0 aliphatic heterocycles. The summed E-state index contributed by atoms with van der Waals surface area (Å²) >= 11 is 0. The van der Waals surface area contributed by atoms with Crippen molar-refractivity contribution in [3.8, 4) is 0 Å². The number of amides is 2. The van der Waals surface area contributed by atoms with Crippen molar-refractivity contribution in [2.75, 3.05) is 10.6 Å². The van der Waals surface area contributed by atoms with E-state index < -0.39 is 11.8 Å². The number of aromatic nitrogens is 1. The molecule has 2 N–H and O–H groups in total. The molecule has 0 bridgehead atoms. The van der Waals surface area contributed by atoms with Crippen molar-refractivity contribution < 1.29 is 9.59 Å². The zero-order valence-corrected chi connectivity index (χ0v) is 12.9. The Kier molecular flexibility index (Phi) is 4.56. The second kappa shape index (κ2) is 6.39. The van der Waals surface area contributed by atoms with Gasteiger partial charge in [0.15, 0.2) is 0 Å². The molecule has 0 saturated carbocycles. The van der Waals surface area contributed by atoms with Crippen LogP contribution in [0.15, 0.2) is 48.7 Å². The lowest BCUT2D eigenvalue weighted by molar-refractivity contribution is -0.133. The highest BCUT2D eigenvalue weighted by atomic mass is 16.2. The summed E-state index contributed by atoms with van der Waals surface area (Å²) in [4.78, 5) is 27.6. The van der Waals surface area contributed by atoms with E-state index in [4.69, 9.17) is 0 Å². The zero-order valence-electron chi connectivity index (χ0n) is 12.9. The first-order valence-electron chi connectivity index (χ1n) is 7.00. The van der Waals surface area contributed by atoms with Crippen molar-refractivity contribution >= 4 is 23.3 Å². The van der Waals surface area contributed by atoms with Crippen LogP contribution in [-0.2, 0) is 15.0 Å². The van der Waals surface area contributed by atoms with E-state index in [0.29, 0.717) is 11.5 Å². The third kappa shape index (κ3) is 4.15. The van der Waals surface area contributed by atoms with Crippen LogP contribution in [0.4, 0.5) is 11.5 Å². The van der Waals surface area contributed by atoms with Gasteiger partial charge in [0.2, 0.25) is 0 Å². The normalized spacial score (nSPS) is 10.9. The molecular formula is C17H19N3O2. The number of carbonyl (C=O) groups excluding carboxylic acids is 2. The molecule has 1 aromatic heterocycles. The van der Waals surface area contributed by atoms with E-state index in [1.807, 2.05) is 12.1 Å². The first kappa shape index (κ1) is 15.7. The summed E-state index contributed by atoms with van der Waals surface area (Å²) < 4.78 is 0. The number of nitrogens with one attached hydrogen (secondary N) is 2. The van der Waals surface area contributed by atoms with Crippen LogP contribution in [0, 0.1) is 0 Å². The van der Waals surface area contributed by atoms with Gasteiger partial charge in [-0.15, -0.1) is 0 Å². The Morgan fingerprint density at radius 1 is 0.909 bits per heavy atom. The maximum Gasteiger partial charge on any atom is 0.315 e. The molecule has 0 atom stereocenters. The highest BCUT2D eigenvalue weighted by Crippen LogP contribution is 2.23. The number of anilines is 2. The summed E-state index contributed by atoms with van der Waals surface area (Å²) in [7, 11) is 0. The molecule has 0 aliphatic carbocycles. The Morgan fingerprint density at radius 2 is 1.55 bits per heavy atom. The fourth-order valence-corrected chi connectivity index (χ4v) is 1.85. The van der Waals surface area contributed by atoms with Gasteiger partial charge in [0.1, 0.15) is 5.82 Å². The molecule has 5 nitrogen and oxygen atoms in total. The Bertz CT molecular complexity index is 659. The van der Waals surface area contributed by atoms with Gasteiger partial charge in [-0.2, -0.15) is 0 Å². The SMILES string of the molecule is CC(C)(C)c1ccc(NC(=O)C(=O)Nc2ccccn2)cc1. The first-order chi connectivity index (χ1) is 10.4. The summed E-state index contributed by atoms with van der Waals surface area (Å²) in [5, 5.41) is 5.00. The number of rotatable bonds is 2. The van der Waals surface area contributed by atoms with Gasteiger partial charge in [-0.05, 0) is 35.2 Å². The quantitative estimate of drug-likeness (QED) is 0.837. The van der Waals surface area contributed by atoms with Gasteiger partial charge in [0.05, 0.1) is 0 Å². The Balaban J connectivity index is 1.98. The molecule has 1 heterocycles. The van der Waals surface area contributed by atoms with E-state index in [9.17, 15) is 9.59 Å². The minimum atomic E-state index is -0.751. The van der Waals surface area contributed by atoms with E-state index in [0.717, 1.165) is 5.56 Å². The van der Waals surface area contributed by atoms with Crippen LogP contribution >= 0.6 is 0 Å². The van der Waals surface area contributed by atoms with E-state index in [1.165, 1.54) is 0 Å². The number of carbonyl (C=O) groups is 2. The van der Waals surface area contributed by atoms with E-state index in [1.54, 1.807) is 36.5 Å². The monoisotopic (exact) mass is 297 g/mol. The zero-order chi connectivity index (χ0) is 16.2. The number of hydrogen-bond acceptors (Lipinski definition) is 3. The van der Waals surface area contributed by atoms with Crippen LogP contribution in [0.25, 0.3) is 0 Å². The minimum Gasteiger partial charge on any atom is -0.318 e. The average Bonchev–Trinajstić information content (AvgIpc) is 2.48. The average molecular weight is 297 g/mol. The van der Waals surface area contributed by atoms with Crippen LogP contribution in [0.3, 0.4) is 0 Å². The molecule has 2 rings (SSSR count). The molecule has 114 valence electrons. The van der Waals surface area contributed by atoms with Crippen molar-refractivity contribution in [3.05, 3.63) is 54.2 Å². The largest absolute Gasteiger partial charge is 0.318 e. The smallest absolute Gasteiger partial charge is 0.315 e. The lowest BCUT2D eigenvalue weighted by Gasteiger charge is -2.19. The van der Waals surface area contributed by atoms with Crippen LogP contribution in [0.1, 0.15) is 26.3 Å². The molecule has 2 amide bonds. The number of nitrogens with zero attached hydrogens (tertiary/aromatic N) is 1. The summed E-state index contributed by atoms with van der Waals surface area (Å²) in [6, 6.07) is 12.5. The predicted molar refractivity (Wildman–Crippen MR) is 86.6 cm³/mol. The molecule has 0 radical (unpaired) electrons. The second-order valence-electron chi connectivity index (χ2n) is 5.95. The summed E-state index contributed by atoms with van der Waals surface area (Å²) in [5.74, 6) is -1.14. The number of benzene rings is 1. The lowest BCUT2D eigenvalue weighted by atomic mass is 9.87. The number of pyridine rings is 1. The highest BCUT2D eigenvalue weighted by Gasteiger charge is 2.16. The van der Waals surface area contributed by atoms with E-state index in [2.05, 4.69) is 36.4 Å². The molecular weight excluding hydrogens is 278 g/mol. The second-order valence-corrected chi connectivity index (χ2v) is 5.95. The van der Waals surface area contributed by atoms with Gasteiger partial charge >= 0.3 is 11.8 Å². The van der Waals surface area contributed by atoms with Crippen molar-refractivity contribution in [3.63, 3.8) is 0 Å². The van der Waals surface area contributed by atoms with Gasteiger partial charge in [0, 0.05) is 11.9 Å². The molecule has 1 aromatic carbocycles. The third-order valence-corrected chi connectivity index (χ3v) is 3.12. The van der Waals surface area contributed by atoms with Crippen molar-refractivity contribution in [2.24, 2.45) is 0 Å². The summed E-state index contributed by atoms with van der Waals surface area (Å²) in [6.45, 7) is 6.34. The molecule has 0 spiro atoms. The first-order valence-corrected chi connectivity index (χ1v) is 7.00. The molecule has 22 heavy (non-hydrogen) atoms. The Morgan fingerprint density at radius 3 is 2.09 bits per heavy atom. The fraction of sp³-hybridized carbons (Fsp3) is 0.235. The number of hydrogen-bond donors (Lipinski definition) is 2. The van der Waals surface area contributed by atoms with Crippen molar-refractivity contribution in [1.29, 1.82) is 0 Å². The van der Waals surface area contributed by atoms with Crippen molar-refractivity contribution in [1.82, 2.24) is 4.98 Å². The van der Waals surface area contributed by atoms with Crippen LogP contribution in [0.5, 0.6) is 0 Å². The maximum atomic E-state index is 11.8. The van der Waals surface area contributed by atoms with Crippen LogP contribution < -0.4 is 10.6 Å². The summed E-state index contributed by atoms with van der Waals surface area (Å²) in [5.41, 5.74) is 1.77. The van der Waals surface area contributed by atoms with E-state index in [-0.39, 0.29) is 5.41 Å². The topological polar surface area (TPSA) is 71.1 Å². The van der Waals surface area contributed by atoms with Gasteiger partial charge in [-0.3, -0.25) is 9.59 Å². The molecule has 0 saturated heterocycles. The van der Waals surface area contributed by atoms with E-state index >= 15 is 0 Å². The van der Waals surface area contributed by atoms with Gasteiger partial charge in [-0.1, -0.05) is 39.0 Å². The Hall–Kier alpha value is -2.69. The molecule has 0 unspecified atom stereocenters. The summed E-state index contributed by atoms with van der Waals surface area (Å²) in [6.07, 6.45) is 1.54. The lowest BCUT2D eigenvalue weighted by Crippen LogP contribution is -2.29. The van der Waals surface area contributed by atoms with Crippen LogP contribution in [-0.4, -0.2) is 16.8 Å². The molecule has 0 aliphatic rings. The maximum absolute atomic E-state index is 11.8. The minimum absolute atomic E-state index is 0.0406. The third-order valence-electron chi connectivity index (χ3n) is 3.12. The molecule has 0 fully saturated rings. The van der Waals surface area contributed by atoms with Gasteiger partial charge in [-0.25, -0.2) is 4.98 Å². The Labute approximate surface area is 129 Å². The highest BCUT2D eigenvalue weighted by molar-refractivity contribution is 6.43. The molecule has 5 heteroatoms.